The average molecular weight is 299 g/mol. The van der Waals surface area contributed by atoms with E-state index in [0.717, 1.165) is 44.6 Å². The maximum Gasteiger partial charge on any atom is 0.193 e. The molecule has 0 saturated heterocycles. The molecule has 1 aliphatic carbocycles. The third-order valence-electron chi connectivity index (χ3n) is 4.16. The molecule has 1 unspecified atom stereocenters. The lowest BCUT2D eigenvalue weighted by Gasteiger charge is -2.26. The highest BCUT2D eigenvalue weighted by molar-refractivity contribution is 5.79. The number of ether oxygens (including phenoxy) is 1. The van der Waals surface area contributed by atoms with E-state index in [0.29, 0.717) is 6.54 Å². The third-order valence-corrected chi connectivity index (χ3v) is 4.16. The molecule has 124 valence electrons. The van der Waals surface area contributed by atoms with Crippen molar-refractivity contribution in [3.63, 3.8) is 0 Å². The van der Waals surface area contributed by atoms with Crippen LogP contribution in [0.5, 0.6) is 0 Å². The van der Waals surface area contributed by atoms with Gasteiger partial charge >= 0.3 is 0 Å². The first-order chi connectivity index (χ1) is 10.0. The zero-order valence-corrected chi connectivity index (χ0v) is 14.2. The second-order valence-electron chi connectivity index (χ2n) is 6.43. The van der Waals surface area contributed by atoms with Gasteiger partial charge in [0.1, 0.15) is 0 Å². The summed E-state index contributed by atoms with van der Waals surface area (Å²) < 4.78 is 5.68. The second-order valence-corrected chi connectivity index (χ2v) is 6.43. The predicted octanol–water partition coefficient (Wildman–Crippen LogP) is 1.72. The summed E-state index contributed by atoms with van der Waals surface area (Å²) in [7, 11) is 2.03. The molecule has 21 heavy (non-hydrogen) atoms. The first-order valence-electron chi connectivity index (χ1n) is 8.22. The van der Waals surface area contributed by atoms with Crippen molar-refractivity contribution < 1.29 is 9.84 Å². The van der Waals surface area contributed by atoms with Crippen LogP contribution < -0.4 is 5.32 Å². The zero-order valence-electron chi connectivity index (χ0n) is 14.2. The van der Waals surface area contributed by atoms with E-state index in [1.54, 1.807) is 0 Å². The molecule has 0 radical (unpaired) electrons. The van der Waals surface area contributed by atoms with Gasteiger partial charge in [-0.2, -0.15) is 0 Å². The van der Waals surface area contributed by atoms with Gasteiger partial charge in [0.25, 0.3) is 0 Å². The molecule has 0 amide bonds. The Hall–Kier alpha value is -0.810. The molecule has 0 aromatic heterocycles. The van der Waals surface area contributed by atoms with Gasteiger partial charge in [0.2, 0.25) is 0 Å². The summed E-state index contributed by atoms with van der Waals surface area (Å²) in [6, 6.07) is 0. The van der Waals surface area contributed by atoms with Crippen molar-refractivity contribution in [3.8, 4) is 0 Å². The number of aliphatic hydroxyl groups is 1. The molecule has 0 heterocycles. The van der Waals surface area contributed by atoms with Gasteiger partial charge in [-0.25, -0.2) is 0 Å². The number of aliphatic imine (C=N–C) groups is 1. The lowest BCUT2D eigenvalue weighted by Crippen LogP contribution is -2.41. The number of guanidine groups is 1. The van der Waals surface area contributed by atoms with E-state index < -0.39 is 0 Å². The van der Waals surface area contributed by atoms with Gasteiger partial charge in [-0.1, -0.05) is 13.8 Å². The van der Waals surface area contributed by atoms with Gasteiger partial charge in [-0.05, 0) is 32.1 Å². The van der Waals surface area contributed by atoms with Crippen molar-refractivity contribution in [1.29, 1.82) is 0 Å². The van der Waals surface area contributed by atoms with Crippen molar-refractivity contribution in [3.05, 3.63) is 0 Å². The van der Waals surface area contributed by atoms with Crippen LogP contribution >= 0.6 is 0 Å². The molecule has 0 bridgehead atoms. The number of hydrogen-bond acceptors (Lipinski definition) is 3. The molecule has 2 N–H and O–H groups in total. The molecule has 5 heteroatoms. The summed E-state index contributed by atoms with van der Waals surface area (Å²) in [6.07, 6.45) is 3.58. The van der Waals surface area contributed by atoms with E-state index in [1.165, 1.54) is 12.8 Å². The molecule has 0 aromatic carbocycles. The van der Waals surface area contributed by atoms with E-state index in [4.69, 9.17) is 4.74 Å². The maximum absolute atomic E-state index is 9.47. The van der Waals surface area contributed by atoms with Gasteiger partial charge in [0.15, 0.2) is 5.96 Å². The Bertz CT molecular complexity index is 313. The highest BCUT2D eigenvalue weighted by Crippen LogP contribution is 2.28. The molecule has 1 rings (SSSR count). The normalized spacial score (nSPS) is 18.4. The Morgan fingerprint density at radius 3 is 2.67 bits per heavy atom. The average Bonchev–Trinajstić information content (AvgIpc) is 3.31. The van der Waals surface area contributed by atoms with E-state index in [-0.39, 0.29) is 12.0 Å². The molecule has 5 nitrogen and oxygen atoms in total. The largest absolute Gasteiger partial charge is 0.396 e. The molecule has 1 atom stereocenters. The lowest BCUT2D eigenvalue weighted by molar-refractivity contribution is 0.114. The first kappa shape index (κ1) is 18.2. The fourth-order valence-electron chi connectivity index (χ4n) is 1.85. The fraction of sp³-hybridized carbons (Fsp3) is 0.938. The SMILES string of the molecule is CCNC(=NCC(C)(CC)CO)N(C)CCOCC1CC1. The number of nitrogens with zero attached hydrogens (tertiary/aromatic N) is 2. The molecule has 1 aliphatic rings. The van der Waals surface area contributed by atoms with Crippen LogP contribution in [0.4, 0.5) is 0 Å². The van der Waals surface area contributed by atoms with Crippen molar-refractivity contribution >= 4 is 5.96 Å². The summed E-state index contributed by atoms with van der Waals surface area (Å²) in [5, 5.41) is 12.8. The van der Waals surface area contributed by atoms with E-state index in [1.807, 2.05) is 7.05 Å². The van der Waals surface area contributed by atoms with Crippen LogP contribution in [0.25, 0.3) is 0 Å². The summed E-state index contributed by atoms with van der Waals surface area (Å²) in [5.74, 6) is 1.70. The van der Waals surface area contributed by atoms with Crippen LogP contribution in [0.2, 0.25) is 0 Å². The Labute approximate surface area is 129 Å². The number of likely N-dealkylation sites (N-methyl/N-ethyl adjacent to an activating group) is 1. The minimum Gasteiger partial charge on any atom is -0.396 e. The van der Waals surface area contributed by atoms with E-state index >= 15 is 0 Å². The molecule has 1 fully saturated rings. The van der Waals surface area contributed by atoms with Crippen molar-refractivity contribution in [2.75, 3.05) is 46.5 Å². The molecule has 0 aliphatic heterocycles. The van der Waals surface area contributed by atoms with Gasteiger partial charge < -0.3 is 20.1 Å². The Kier molecular flexibility index (Phi) is 8.04. The van der Waals surface area contributed by atoms with Gasteiger partial charge in [-0.3, -0.25) is 4.99 Å². The fourth-order valence-corrected chi connectivity index (χ4v) is 1.85. The molecule has 0 spiro atoms. The third kappa shape index (κ3) is 7.14. The standard InChI is InChI=1S/C16H33N3O2/c1-5-16(3,13-20)12-18-15(17-6-2)19(4)9-10-21-11-14-7-8-14/h14,20H,5-13H2,1-4H3,(H,17,18). The lowest BCUT2D eigenvalue weighted by atomic mass is 9.89. The van der Waals surface area contributed by atoms with Crippen molar-refractivity contribution in [2.24, 2.45) is 16.3 Å². The highest BCUT2D eigenvalue weighted by Gasteiger charge is 2.22. The van der Waals surface area contributed by atoms with Gasteiger partial charge in [-0.15, -0.1) is 0 Å². The van der Waals surface area contributed by atoms with E-state index in [2.05, 4.69) is 36.0 Å². The number of hydrogen-bond donors (Lipinski definition) is 2. The number of rotatable bonds is 10. The quantitative estimate of drug-likeness (QED) is 0.366. The van der Waals surface area contributed by atoms with Gasteiger partial charge in [0, 0.05) is 32.2 Å². The summed E-state index contributed by atoms with van der Waals surface area (Å²) >= 11 is 0. The summed E-state index contributed by atoms with van der Waals surface area (Å²) in [5.41, 5.74) is -0.135. The Morgan fingerprint density at radius 2 is 2.14 bits per heavy atom. The molecular formula is C16H33N3O2. The molecule has 0 aromatic rings. The Morgan fingerprint density at radius 1 is 1.43 bits per heavy atom. The molecule has 1 saturated carbocycles. The zero-order chi connectivity index (χ0) is 15.7. The maximum atomic E-state index is 9.47. The molecular weight excluding hydrogens is 266 g/mol. The van der Waals surface area contributed by atoms with Crippen molar-refractivity contribution in [1.82, 2.24) is 10.2 Å². The summed E-state index contributed by atoms with van der Waals surface area (Å²) in [4.78, 5) is 6.77. The van der Waals surface area contributed by atoms with Crippen LogP contribution in [-0.2, 0) is 4.74 Å². The highest BCUT2D eigenvalue weighted by atomic mass is 16.5. The van der Waals surface area contributed by atoms with Crippen LogP contribution in [-0.4, -0.2) is 62.5 Å². The van der Waals surface area contributed by atoms with Crippen LogP contribution in [0.15, 0.2) is 4.99 Å². The van der Waals surface area contributed by atoms with Crippen LogP contribution in [0, 0.1) is 11.3 Å². The van der Waals surface area contributed by atoms with Crippen LogP contribution in [0.3, 0.4) is 0 Å². The van der Waals surface area contributed by atoms with Crippen molar-refractivity contribution in [2.45, 2.75) is 40.0 Å². The monoisotopic (exact) mass is 299 g/mol. The topological polar surface area (TPSA) is 57.1 Å². The number of nitrogens with one attached hydrogen (secondary N) is 1. The second kappa shape index (κ2) is 9.26. The van der Waals surface area contributed by atoms with Crippen LogP contribution in [0.1, 0.15) is 40.0 Å². The Balaban J connectivity index is 2.40. The van der Waals surface area contributed by atoms with Gasteiger partial charge in [0.05, 0.1) is 19.8 Å². The minimum atomic E-state index is -0.135. The smallest absolute Gasteiger partial charge is 0.193 e. The predicted molar refractivity (Wildman–Crippen MR) is 87.6 cm³/mol. The summed E-state index contributed by atoms with van der Waals surface area (Å²) in [6.45, 7) is 10.3. The van der Waals surface area contributed by atoms with E-state index in [9.17, 15) is 5.11 Å². The number of aliphatic hydroxyl groups excluding tert-OH is 1. The minimum absolute atomic E-state index is 0.135. The first-order valence-corrected chi connectivity index (χ1v) is 8.22.